The smallest absolute Gasteiger partial charge is 0.164 e. The van der Waals surface area contributed by atoms with Crippen LogP contribution in [-0.4, -0.2) is 0 Å². The first-order valence-electron chi connectivity index (χ1n) is 2.54. The molecule has 0 saturated carbocycles. The van der Waals surface area contributed by atoms with Crippen LogP contribution in [0.25, 0.3) is 0 Å². The topological polar surface area (TPSA) is 9.23 Å². The first-order valence-corrected chi connectivity index (χ1v) is 2.54. The minimum atomic E-state index is 1.19. The van der Waals surface area contributed by atoms with Crippen LogP contribution in [-0.2, 0) is 4.74 Å². The molecule has 8 heavy (non-hydrogen) atoms. The maximum absolute atomic E-state index is 4.90. The summed E-state index contributed by atoms with van der Waals surface area (Å²) in [5.74, 6) is 0. The lowest BCUT2D eigenvalue weighted by Crippen LogP contribution is -1.71. The third-order valence-electron chi connectivity index (χ3n) is 1.27. The van der Waals surface area contributed by atoms with E-state index in [-0.39, 0.29) is 0 Å². The lowest BCUT2D eigenvalue weighted by Gasteiger charge is -1.84. The molecule has 1 radical (unpaired) electrons. The average molecular weight is 105 g/mol. The zero-order valence-corrected chi connectivity index (χ0v) is 4.29. The molecule has 0 aromatic heterocycles. The van der Waals surface area contributed by atoms with Crippen LogP contribution in [0.5, 0.6) is 0 Å². The second-order valence-corrected chi connectivity index (χ2v) is 1.81. The summed E-state index contributed by atoms with van der Waals surface area (Å²) in [5.41, 5.74) is 2.37. The van der Waals surface area contributed by atoms with E-state index < -0.39 is 0 Å². The fraction of sp³-hybridized carbons (Fsp3) is 0. The van der Waals surface area contributed by atoms with Gasteiger partial charge in [0.05, 0.1) is 6.26 Å². The fourth-order valence-electron chi connectivity index (χ4n) is 0.843. The number of allylic oxidation sites excluding steroid dienone is 3. The summed E-state index contributed by atoms with van der Waals surface area (Å²) < 4.78 is 4.90. The number of rotatable bonds is 0. The van der Waals surface area contributed by atoms with E-state index in [1.54, 1.807) is 12.9 Å². The van der Waals surface area contributed by atoms with E-state index in [4.69, 9.17) is 4.74 Å². The van der Waals surface area contributed by atoms with Crippen molar-refractivity contribution in [3.63, 3.8) is 0 Å². The molecule has 1 aliphatic carbocycles. The molecule has 0 atom stereocenters. The van der Waals surface area contributed by atoms with Crippen molar-refractivity contribution < 1.29 is 4.74 Å². The molecule has 1 aliphatic heterocycles. The molecule has 0 amide bonds. The van der Waals surface area contributed by atoms with E-state index in [0.29, 0.717) is 0 Å². The van der Waals surface area contributed by atoms with Crippen molar-refractivity contribution in [1.82, 2.24) is 0 Å². The van der Waals surface area contributed by atoms with Crippen LogP contribution in [0.15, 0.2) is 35.6 Å². The van der Waals surface area contributed by atoms with Gasteiger partial charge in [-0.25, -0.2) is 0 Å². The second-order valence-electron chi connectivity index (χ2n) is 1.81. The van der Waals surface area contributed by atoms with Gasteiger partial charge >= 0.3 is 0 Å². The lowest BCUT2D eigenvalue weighted by molar-refractivity contribution is 0.369. The summed E-state index contributed by atoms with van der Waals surface area (Å²) in [5, 5.41) is 0. The molecule has 0 N–H and O–H groups in total. The largest absolute Gasteiger partial charge is 0.488 e. The van der Waals surface area contributed by atoms with Crippen LogP contribution in [0.4, 0.5) is 0 Å². The molecule has 1 nitrogen and oxygen atoms in total. The molecule has 0 aromatic carbocycles. The van der Waals surface area contributed by atoms with Gasteiger partial charge in [0.1, 0.15) is 0 Å². The van der Waals surface area contributed by atoms with Gasteiger partial charge in [-0.1, -0.05) is 18.2 Å². The molecular formula is C7H5O. The summed E-state index contributed by atoms with van der Waals surface area (Å²) in [6, 6.07) is 0. The summed E-state index contributed by atoms with van der Waals surface area (Å²) in [4.78, 5) is 0. The molecule has 0 bridgehead atoms. The third kappa shape index (κ3) is 0.360. The molecule has 0 fully saturated rings. The number of ether oxygens (including phenoxy) is 1. The normalized spacial score (nSPS) is 22.0. The monoisotopic (exact) mass is 105 g/mol. The first kappa shape index (κ1) is 3.96. The number of hydrogen-bond acceptors (Lipinski definition) is 1. The third-order valence-corrected chi connectivity index (χ3v) is 1.27. The first-order chi connectivity index (χ1) is 3.97. The molecule has 0 spiro atoms. The van der Waals surface area contributed by atoms with Gasteiger partial charge < -0.3 is 4.74 Å². The lowest BCUT2D eigenvalue weighted by atomic mass is 10.2. The predicted octanol–water partition coefficient (Wildman–Crippen LogP) is 1.56. The number of fused-ring (bicyclic) bond motifs is 1. The van der Waals surface area contributed by atoms with Crippen molar-refractivity contribution in [3.05, 3.63) is 42.2 Å². The highest BCUT2D eigenvalue weighted by Gasteiger charge is 2.12. The maximum Gasteiger partial charge on any atom is 0.164 e. The SMILES string of the molecule is [CH]1OC=C2C=CC=C12. The maximum atomic E-state index is 4.90. The highest BCUT2D eigenvalue weighted by Crippen LogP contribution is 2.26. The Morgan fingerprint density at radius 1 is 1.25 bits per heavy atom. The van der Waals surface area contributed by atoms with E-state index in [2.05, 4.69) is 0 Å². The van der Waals surface area contributed by atoms with Crippen molar-refractivity contribution in [2.24, 2.45) is 0 Å². The van der Waals surface area contributed by atoms with Gasteiger partial charge in [-0.15, -0.1) is 0 Å². The van der Waals surface area contributed by atoms with Crippen LogP contribution < -0.4 is 0 Å². The zero-order chi connectivity index (χ0) is 5.40. The van der Waals surface area contributed by atoms with Crippen LogP contribution in [0.1, 0.15) is 0 Å². The molecule has 1 heterocycles. The minimum Gasteiger partial charge on any atom is -0.488 e. The van der Waals surface area contributed by atoms with Gasteiger partial charge in [-0.05, 0) is 0 Å². The van der Waals surface area contributed by atoms with E-state index in [1.807, 2.05) is 18.2 Å². The van der Waals surface area contributed by atoms with E-state index in [0.717, 1.165) is 0 Å². The molecule has 0 unspecified atom stereocenters. The Morgan fingerprint density at radius 2 is 2.25 bits per heavy atom. The molecule has 0 aromatic rings. The van der Waals surface area contributed by atoms with Crippen LogP contribution in [0.3, 0.4) is 0 Å². The van der Waals surface area contributed by atoms with Crippen molar-refractivity contribution in [2.75, 3.05) is 0 Å². The molecule has 2 aliphatic rings. The highest BCUT2D eigenvalue weighted by molar-refractivity contribution is 5.52. The summed E-state index contributed by atoms with van der Waals surface area (Å²) in [6.07, 6.45) is 7.81. The van der Waals surface area contributed by atoms with Gasteiger partial charge in [0.25, 0.3) is 0 Å². The Morgan fingerprint density at radius 3 is 3.12 bits per heavy atom. The summed E-state index contributed by atoms with van der Waals surface area (Å²) in [7, 11) is 0. The Bertz CT molecular complexity index is 196. The van der Waals surface area contributed by atoms with E-state index in [9.17, 15) is 0 Å². The van der Waals surface area contributed by atoms with Crippen LogP contribution in [0, 0.1) is 6.61 Å². The molecule has 1 heteroatoms. The second kappa shape index (κ2) is 1.25. The van der Waals surface area contributed by atoms with Gasteiger partial charge in [-0.3, -0.25) is 0 Å². The minimum absolute atomic E-state index is 1.19. The quantitative estimate of drug-likeness (QED) is 0.454. The molecular weight excluding hydrogens is 100 g/mol. The van der Waals surface area contributed by atoms with Crippen LogP contribution in [0.2, 0.25) is 0 Å². The predicted molar refractivity (Wildman–Crippen MR) is 30.7 cm³/mol. The zero-order valence-electron chi connectivity index (χ0n) is 4.29. The molecule has 0 saturated heterocycles. The van der Waals surface area contributed by atoms with Crippen molar-refractivity contribution in [3.8, 4) is 0 Å². The fourth-order valence-corrected chi connectivity index (χ4v) is 0.843. The van der Waals surface area contributed by atoms with Crippen molar-refractivity contribution in [2.45, 2.75) is 0 Å². The van der Waals surface area contributed by atoms with E-state index >= 15 is 0 Å². The van der Waals surface area contributed by atoms with Crippen molar-refractivity contribution >= 4 is 0 Å². The Labute approximate surface area is 48.0 Å². The van der Waals surface area contributed by atoms with Crippen molar-refractivity contribution in [1.29, 1.82) is 0 Å². The van der Waals surface area contributed by atoms with Crippen LogP contribution >= 0.6 is 0 Å². The van der Waals surface area contributed by atoms with Gasteiger partial charge in [0.15, 0.2) is 6.61 Å². The number of hydrogen-bond donors (Lipinski definition) is 0. The Kier molecular flexibility index (Phi) is 0.618. The van der Waals surface area contributed by atoms with Gasteiger partial charge in [0, 0.05) is 11.1 Å². The molecule has 2 rings (SSSR count). The highest BCUT2D eigenvalue weighted by atomic mass is 16.5. The standard InChI is InChI=1S/C7H5O/c1-2-6-4-8-5-7(6)3-1/h1-5H. The molecule has 39 valence electrons. The van der Waals surface area contributed by atoms with Gasteiger partial charge in [-0.2, -0.15) is 0 Å². The summed E-state index contributed by atoms with van der Waals surface area (Å²) in [6.45, 7) is 1.75. The van der Waals surface area contributed by atoms with E-state index in [1.165, 1.54) is 11.1 Å². The van der Waals surface area contributed by atoms with Gasteiger partial charge in [0.2, 0.25) is 0 Å². The summed E-state index contributed by atoms with van der Waals surface area (Å²) >= 11 is 0. The Balaban J connectivity index is 2.49. The Hall–Kier alpha value is -0.980. The average Bonchev–Trinajstić information content (AvgIpc) is 2.15.